The lowest BCUT2D eigenvalue weighted by molar-refractivity contribution is -0.151. The van der Waals surface area contributed by atoms with Crippen LogP contribution in [0.1, 0.15) is 13.8 Å². The van der Waals surface area contributed by atoms with Crippen LogP contribution in [-0.4, -0.2) is 62.8 Å². The molecule has 0 bridgehead atoms. The zero-order valence-electron chi connectivity index (χ0n) is 10.7. The second kappa shape index (κ2) is 5.61. The second-order valence-corrected chi connectivity index (χ2v) is 5.00. The lowest BCUT2D eigenvalue weighted by Gasteiger charge is -2.34. The maximum Gasteiger partial charge on any atom is 0.312 e. The van der Waals surface area contributed by atoms with E-state index >= 15 is 0 Å². The molecule has 0 aromatic heterocycles. The zero-order valence-corrected chi connectivity index (χ0v) is 10.7. The molecular formula is C11H23N3O2. The Morgan fingerprint density at radius 1 is 1.31 bits per heavy atom. The molecule has 1 fully saturated rings. The minimum absolute atomic E-state index is 0.172. The highest BCUT2D eigenvalue weighted by atomic mass is 16.5. The van der Waals surface area contributed by atoms with Crippen LogP contribution in [0.15, 0.2) is 0 Å². The average molecular weight is 229 g/mol. The van der Waals surface area contributed by atoms with Crippen LogP contribution in [0.3, 0.4) is 0 Å². The van der Waals surface area contributed by atoms with Gasteiger partial charge in [-0.3, -0.25) is 10.2 Å². The van der Waals surface area contributed by atoms with Crippen molar-refractivity contribution in [3.05, 3.63) is 0 Å². The Kier molecular flexibility index (Phi) is 4.70. The normalized spacial score (nSPS) is 19.8. The number of carbonyl (C=O) groups is 1. The number of methoxy groups -OCH3 is 1. The van der Waals surface area contributed by atoms with E-state index in [9.17, 15) is 4.79 Å². The number of hydrogen-bond acceptors (Lipinski definition) is 5. The number of carbonyl (C=O) groups excluding carboxylic acids is 1. The fourth-order valence-electron chi connectivity index (χ4n) is 1.62. The first kappa shape index (κ1) is 13.4. The van der Waals surface area contributed by atoms with Crippen LogP contribution in [0.5, 0.6) is 0 Å². The Hall–Kier alpha value is -0.650. The van der Waals surface area contributed by atoms with Gasteiger partial charge in [0, 0.05) is 32.7 Å². The van der Waals surface area contributed by atoms with Crippen molar-refractivity contribution in [1.29, 1.82) is 0 Å². The van der Waals surface area contributed by atoms with Gasteiger partial charge >= 0.3 is 5.97 Å². The van der Waals surface area contributed by atoms with Gasteiger partial charge in [0.1, 0.15) is 0 Å². The summed E-state index contributed by atoms with van der Waals surface area (Å²) in [6.07, 6.45) is 0. The Balaban J connectivity index is 2.31. The van der Waals surface area contributed by atoms with Gasteiger partial charge < -0.3 is 9.64 Å². The fourth-order valence-corrected chi connectivity index (χ4v) is 1.62. The molecule has 1 heterocycles. The number of hydrogen-bond donors (Lipinski definition) is 1. The van der Waals surface area contributed by atoms with E-state index in [0.717, 1.165) is 26.2 Å². The molecule has 1 rings (SSSR count). The van der Waals surface area contributed by atoms with E-state index in [1.165, 1.54) is 7.11 Å². The standard InChI is InChI=1S/C11H23N3O2/c1-11(2,10(15)16-4)9-12-14-7-5-13(3)6-8-14/h12H,5-9H2,1-4H3. The van der Waals surface area contributed by atoms with E-state index in [1.807, 2.05) is 13.8 Å². The Morgan fingerprint density at radius 3 is 2.38 bits per heavy atom. The van der Waals surface area contributed by atoms with E-state index in [4.69, 9.17) is 4.74 Å². The first-order valence-corrected chi connectivity index (χ1v) is 5.71. The van der Waals surface area contributed by atoms with Gasteiger partial charge in [0.05, 0.1) is 12.5 Å². The highest BCUT2D eigenvalue weighted by Crippen LogP contribution is 2.15. The third-order valence-corrected chi connectivity index (χ3v) is 2.99. The molecule has 94 valence electrons. The maximum absolute atomic E-state index is 11.5. The van der Waals surface area contributed by atoms with Crippen molar-refractivity contribution in [2.45, 2.75) is 13.8 Å². The van der Waals surface area contributed by atoms with Gasteiger partial charge in [0.2, 0.25) is 0 Å². The first-order valence-electron chi connectivity index (χ1n) is 5.71. The number of likely N-dealkylation sites (N-methyl/N-ethyl adjacent to an activating group) is 1. The van der Waals surface area contributed by atoms with Crippen molar-refractivity contribution in [2.75, 3.05) is 46.9 Å². The molecule has 16 heavy (non-hydrogen) atoms. The number of ether oxygens (including phenoxy) is 1. The van der Waals surface area contributed by atoms with Crippen LogP contribution in [0.4, 0.5) is 0 Å². The minimum Gasteiger partial charge on any atom is -0.469 e. The summed E-state index contributed by atoms with van der Waals surface area (Å²) in [7, 11) is 3.55. The lowest BCUT2D eigenvalue weighted by Crippen LogP contribution is -2.53. The zero-order chi connectivity index (χ0) is 12.2. The number of piperazine rings is 1. The summed E-state index contributed by atoms with van der Waals surface area (Å²) in [4.78, 5) is 13.8. The molecule has 1 N–H and O–H groups in total. The Bertz CT molecular complexity index is 235. The molecule has 5 heteroatoms. The van der Waals surface area contributed by atoms with Crippen LogP contribution in [0, 0.1) is 5.41 Å². The quantitative estimate of drug-likeness (QED) is 0.684. The summed E-state index contributed by atoms with van der Waals surface area (Å²) >= 11 is 0. The van der Waals surface area contributed by atoms with Crippen molar-refractivity contribution in [3.63, 3.8) is 0 Å². The monoisotopic (exact) mass is 229 g/mol. The smallest absolute Gasteiger partial charge is 0.312 e. The van der Waals surface area contributed by atoms with Crippen LogP contribution in [0.25, 0.3) is 0 Å². The van der Waals surface area contributed by atoms with Gasteiger partial charge in [-0.05, 0) is 20.9 Å². The molecule has 0 unspecified atom stereocenters. The molecule has 0 aliphatic carbocycles. The van der Waals surface area contributed by atoms with E-state index in [0.29, 0.717) is 6.54 Å². The molecule has 0 spiro atoms. The van der Waals surface area contributed by atoms with E-state index in [2.05, 4.69) is 22.4 Å². The molecule has 0 atom stereocenters. The van der Waals surface area contributed by atoms with Crippen molar-refractivity contribution in [3.8, 4) is 0 Å². The van der Waals surface area contributed by atoms with Crippen molar-refractivity contribution >= 4 is 5.97 Å². The minimum atomic E-state index is -0.474. The van der Waals surface area contributed by atoms with Gasteiger partial charge in [-0.1, -0.05) is 0 Å². The van der Waals surface area contributed by atoms with E-state index < -0.39 is 5.41 Å². The summed E-state index contributed by atoms with van der Waals surface area (Å²) < 4.78 is 4.77. The first-order chi connectivity index (χ1) is 7.45. The summed E-state index contributed by atoms with van der Waals surface area (Å²) in [6, 6.07) is 0. The van der Waals surface area contributed by atoms with Crippen LogP contribution < -0.4 is 5.43 Å². The summed E-state index contributed by atoms with van der Waals surface area (Å²) in [5.74, 6) is -0.172. The number of nitrogens with zero attached hydrogens (tertiary/aromatic N) is 2. The molecule has 0 amide bonds. The van der Waals surface area contributed by atoms with E-state index in [-0.39, 0.29) is 5.97 Å². The molecule has 1 aliphatic heterocycles. The molecule has 1 aliphatic rings. The summed E-state index contributed by atoms with van der Waals surface area (Å²) in [5.41, 5.74) is 2.83. The number of esters is 1. The van der Waals surface area contributed by atoms with Crippen LogP contribution in [-0.2, 0) is 9.53 Å². The largest absolute Gasteiger partial charge is 0.469 e. The molecule has 5 nitrogen and oxygen atoms in total. The molecule has 0 radical (unpaired) electrons. The Morgan fingerprint density at radius 2 is 1.88 bits per heavy atom. The van der Waals surface area contributed by atoms with Gasteiger partial charge in [-0.15, -0.1) is 0 Å². The number of rotatable bonds is 4. The predicted molar refractivity (Wildman–Crippen MR) is 62.9 cm³/mol. The summed E-state index contributed by atoms with van der Waals surface area (Å²) in [5, 5.41) is 2.17. The topological polar surface area (TPSA) is 44.8 Å². The molecule has 1 saturated heterocycles. The molecule has 0 saturated carbocycles. The Labute approximate surface area is 97.7 Å². The highest BCUT2D eigenvalue weighted by Gasteiger charge is 2.29. The van der Waals surface area contributed by atoms with Gasteiger partial charge in [0.15, 0.2) is 0 Å². The number of nitrogens with one attached hydrogen (secondary N) is 1. The maximum atomic E-state index is 11.5. The van der Waals surface area contributed by atoms with Crippen molar-refractivity contribution in [2.24, 2.45) is 5.41 Å². The van der Waals surface area contributed by atoms with Crippen molar-refractivity contribution < 1.29 is 9.53 Å². The van der Waals surface area contributed by atoms with Crippen LogP contribution >= 0.6 is 0 Å². The second-order valence-electron chi connectivity index (χ2n) is 5.00. The predicted octanol–water partition coefficient (Wildman–Crippen LogP) is -0.0624. The van der Waals surface area contributed by atoms with Gasteiger partial charge in [0.25, 0.3) is 0 Å². The van der Waals surface area contributed by atoms with Crippen molar-refractivity contribution in [1.82, 2.24) is 15.3 Å². The molecule has 0 aromatic rings. The van der Waals surface area contributed by atoms with Gasteiger partial charge in [-0.25, -0.2) is 5.01 Å². The van der Waals surface area contributed by atoms with Gasteiger partial charge in [-0.2, -0.15) is 0 Å². The number of hydrazine groups is 1. The van der Waals surface area contributed by atoms with E-state index in [1.54, 1.807) is 0 Å². The third-order valence-electron chi connectivity index (χ3n) is 2.99. The van der Waals surface area contributed by atoms with Crippen LogP contribution in [0.2, 0.25) is 0 Å². The molecular weight excluding hydrogens is 206 g/mol. The lowest BCUT2D eigenvalue weighted by atomic mass is 9.94. The highest BCUT2D eigenvalue weighted by molar-refractivity contribution is 5.75. The third kappa shape index (κ3) is 3.73. The average Bonchev–Trinajstić information content (AvgIpc) is 2.27. The summed E-state index contributed by atoms with van der Waals surface area (Å²) in [6.45, 7) is 8.51. The fraction of sp³-hybridized carbons (Fsp3) is 0.909. The SMILES string of the molecule is COC(=O)C(C)(C)CNN1CCN(C)CC1. The molecule has 0 aromatic carbocycles.